The monoisotopic (exact) mass is 269 g/mol. The van der Waals surface area contributed by atoms with Crippen LogP contribution in [0.25, 0.3) is 0 Å². The normalized spacial score (nSPS) is 13.2. The molecule has 106 valence electrons. The summed E-state index contributed by atoms with van der Waals surface area (Å²) in [4.78, 5) is 0. The van der Waals surface area contributed by atoms with Gasteiger partial charge in [-0.2, -0.15) is 10.2 Å². The summed E-state index contributed by atoms with van der Waals surface area (Å²) in [6, 6.07) is 11.2. The van der Waals surface area contributed by atoms with Gasteiger partial charge in [-0.15, -0.1) is 0 Å². The molecule has 1 atom stereocenters. The summed E-state index contributed by atoms with van der Waals surface area (Å²) in [6.45, 7) is 6.71. The minimum Gasteiger partial charge on any atom is -0.313 e. The third-order valence-corrected chi connectivity index (χ3v) is 3.62. The molecule has 0 fully saturated rings. The van der Waals surface area contributed by atoms with Crippen LogP contribution in [0.1, 0.15) is 43.5 Å². The highest BCUT2D eigenvalue weighted by molar-refractivity contribution is 5.29. The van der Waals surface area contributed by atoms with Gasteiger partial charge in [-0.05, 0) is 41.6 Å². The Bertz CT molecular complexity index is 526. The maximum Gasteiger partial charge on any atom is 0.0544 e. The summed E-state index contributed by atoms with van der Waals surface area (Å²) in [5.41, 5.74) is 4.07. The standard InChI is InChI=1S/C17H23N3/c1-17(2,3)15-7-5-13(6-8-15)11-16(18-4)14-9-10-19-20-12-14/h5-10,12,16,18H,11H2,1-4H3. The first-order chi connectivity index (χ1) is 9.50. The van der Waals surface area contributed by atoms with Crippen LogP contribution >= 0.6 is 0 Å². The van der Waals surface area contributed by atoms with Gasteiger partial charge in [0.25, 0.3) is 0 Å². The molecule has 0 amide bonds. The van der Waals surface area contributed by atoms with Crippen LogP contribution in [-0.2, 0) is 11.8 Å². The molecule has 0 bridgehead atoms. The van der Waals surface area contributed by atoms with E-state index in [1.54, 1.807) is 6.20 Å². The third-order valence-electron chi connectivity index (χ3n) is 3.62. The zero-order valence-corrected chi connectivity index (χ0v) is 12.7. The van der Waals surface area contributed by atoms with Gasteiger partial charge in [0.15, 0.2) is 0 Å². The number of hydrogen-bond donors (Lipinski definition) is 1. The summed E-state index contributed by atoms with van der Waals surface area (Å²) < 4.78 is 0. The fraction of sp³-hybridized carbons (Fsp3) is 0.412. The molecule has 2 rings (SSSR count). The van der Waals surface area contributed by atoms with E-state index in [4.69, 9.17) is 0 Å². The van der Waals surface area contributed by atoms with Crippen molar-refractivity contribution in [3.8, 4) is 0 Å². The second-order valence-electron chi connectivity index (χ2n) is 6.17. The maximum absolute atomic E-state index is 3.95. The number of rotatable bonds is 4. The largest absolute Gasteiger partial charge is 0.313 e. The zero-order chi connectivity index (χ0) is 14.6. The van der Waals surface area contributed by atoms with Crippen LogP contribution < -0.4 is 5.32 Å². The second kappa shape index (κ2) is 6.14. The number of nitrogens with zero attached hydrogens (tertiary/aromatic N) is 2. The van der Waals surface area contributed by atoms with Gasteiger partial charge in [-0.25, -0.2) is 0 Å². The van der Waals surface area contributed by atoms with Crippen molar-refractivity contribution in [3.63, 3.8) is 0 Å². The van der Waals surface area contributed by atoms with E-state index in [0.29, 0.717) is 0 Å². The summed E-state index contributed by atoms with van der Waals surface area (Å²) in [7, 11) is 1.98. The van der Waals surface area contributed by atoms with Gasteiger partial charge >= 0.3 is 0 Å². The Hall–Kier alpha value is -1.74. The molecular formula is C17H23N3. The number of hydrogen-bond acceptors (Lipinski definition) is 3. The molecule has 1 aromatic heterocycles. The van der Waals surface area contributed by atoms with Gasteiger partial charge < -0.3 is 5.32 Å². The maximum atomic E-state index is 3.95. The third kappa shape index (κ3) is 3.64. The molecule has 3 heteroatoms. The summed E-state index contributed by atoms with van der Waals surface area (Å²) in [5.74, 6) is 0. The Morgan fingerprint density at radius 1 is 1.05 bits per heavy atom. The van der Waals surface area contributed by atoms with E-state index in [9.17, 15) is 0 Å². The van der Waals surface area contributed by atoms with Gasteiger partial charge in [0.05, 0.1) is 6.20 Å². The second-order valence-corrected chi connectivity index (χ2v) is 6.17. The van der Waals surface area contributed by atoms with E-state index >= 15 is 0 Å². The average Bonchev–Trinajstić information content (AvgIpc) is 2.45. The zero-order valence-electron chi connectivity index (χ0n) is 12.7. The Kier molecular flexibility index (Phi) is 4.50. The lowest BCUT2D eigenvalue weighted by Crippen LogP contribution is -2.19. The molecule has 0 saturated heterocycles. The van der Waals surface area contributed by atoms with Gasteiger partial charge in [0.1, 0.15) is 0 Å². The molecule has 1 unspecified atom stereocenters. The van der Waals surface area contributed by atoms with E-state index in [-0.39, 0.29) is 11.5 Å². The number of benzene rings is 1. The van der Waals surface area contributed by atoms with Crippen molar-refractivity contribution in [1.29, 1.82) is 0 Å². The Morgan fingerprint density at radius 2 is 1.75 bits per heavy atom. The number of nitrogens with one attached hydrogen (secondary N) is 1. The van der Waals surface area contributed by atoms with E-state index in [1.807, 2.05) is 19.3 Å². The fourth-order valence-corrected chi connectivity index (χ4v) is 2.27. The highest BCUT2D eigenvalue weighted by Crippen LogP contribution is 2.24. The molecule has 0 radical (unpaired) electrons. The molecule has 1 heterocycles. The summed E-state index contributed by atoms with van der Waals surface area (Å²) in [5, 5.41) is 11.1. The molecule has 0 aliphatic heterocycles. The van der Waals surface area contributed by atoms with Crippen LogP contribution in [0.3, 0.4) is 0 Å². The lowest BCUT2D eigenvalue weighted by atomic mass is 9.86. The van der Waals surface area contributed by atoms with E-state index in [2.05, 4.69) is 60.6 Å². The van der Waals surface area contributed by atoms with Gasteiger partial charge in [-0.1, -0.05) is 45.0 Å². The highest BCUT2D eigenvalue weighted by atomic mass is 15.1. The van der Waals surface area contributed by atoms with Crippen molar-refractivity contribution in [1.82, 2.24) is 15.5 Å². The summed E-state index contributed by atoms with van der Waals surface area (Å²) >= 11 is 0. The molecule has 0 saturated carbocycles. The molecule has 20 heavy (non-hydrogen) atoms. The Labute approximate surface area is 121 Å². The number of likely N-dealkylation sites (N-methyl/N-ethyl adjacent to an activating group) is 1. The van der Waals surface area contributed by atoms with Gasteiger partial charge in [-0.3, -0.25) is 0 Å². The smallest absolute Gasteiger partial charge is 0.0544 e. The van der Waals surface area contributed by atoms with Crippen molar-refractivity contribution < 1.29 is 0 Å². The molecule has 1 N–H and O–H groups in total. The molecule has 1 aromatic carbocycles. The van der Waals surface area contributed by atoms with E-state index < -0.39 is 0 Å². The molecular weight excluding hydrogens is 246 g/mol. The fourth-order valence-electron chi connectivity index (χ4n) is 2.27. The molecule has 2 aromatic rings. The lowest BCUT2D eigenvalue weighted by Gasteiger charge is -2.20. The topological polar surface area (TPSA) is 37.8 Å². The molecule has 0 aliphatic rings. The van der Waals surface area contributed by atoms with Crippen molar-refractivity contribution in [2.45, 2.75) is 38.6 Å². The SMILES string of the molecule is CNC(Cc1ccc(C(C)(C)C)cc1)c1ccnnc1. The first kappa shape index (κ1) is 14.7. The van der Waals surface area contributed by atoms with Crippen molar-refractivity contribution >= 4 is 0 Å². The predicted octanol–water partition coefficient (Wildman–Crippen LogP) is 3.28. The van der Waals surface area contributed by atoms with Crippen molar-refractivity contribution in [3.05, 3.63) is 59.4 Å². The van der Waals surface area contributed by atoms with Crippen LogP contribution in [0.15, 0.2) is 42.7 Å². The molecule has 0 spiro atoms. The number of aromatic nitrogens is 2. The van der Waals surface area contributed by atoms with E-state index in [1.165, 1.54) is 16.7 Å². The van der Waals surface area contributed by atoms with Gasteiger partial charge in [0, 0.05) is 12.2 Å². The first-order valence-corrected chi connectivity index (χ1v) is 7.04. The van der Waals surface area contributed by atoms with Crippen LogP contribution in [0.2, 0.25) is 0 Å². The molecule has 0 aliphatic carbocycles. The first-order valence-electron chi connectivity index (χ1n) is 7.04. The Balaban J connectivity index is 2.13. The Morgan fingerprint density at radius 3 is 2.25 bits per heavy atom. The van der Waals surface area contributed by atoms with Crippen LogP contribution in [-0.4, -0.2) is 17.2 Å². The predicted molar refractivity (Wildman–Crippen MR) is 82.7 cm³/mol. The van der Waals surface area contributed by atoms with Gasteiger partial charge in [0.2, 0.25) is 0 Å². The van der Waals surface area contributed by atoms with Crippen LogP contribution in [0.5, 0.6) is 0 Å². The highest BCUT2D eigenvalue weighted by Gasteiger charge is 2.14. The van der Waals surface area contributed by atoms with Crippen LogP contribution in [0, 0.1) is 0 Å². The lowest BCUT2D eigenvalue weighted by molar-refractivity contribution is 0.581. The summed E-state index contributed by atoms with van der Waals surface area (Å²) in [6.07, 6.45) is 4.51. The van der Waals surface area contributed by atoms with E-state index in [0.717, 1.165) is 6.42 Å². The van der Waals surface area contributed by atoms with Crippen molar-refractivity contribution in [2.24, 2.45) is 0 Å². The minimum atomic E-state index is 0.204. The minimum absolute atomic E-state index is 0.204. The van der Waals surface area contributed by atoms with Crippen LogP contribution in [0.4, 0.5) is 0 Å². The quantitative estimate of drug-likeness (QED) is 0.925. The average molecular weight is 269 g/mol. The molecule has 3 nitrogen and oxygen atoms in total. The van der Waals surface area contributed by atoms with Crippen molar-refractivity contribution in [2.75, 3.05) is 7.05 Å².